The molecule has 0 bridgehead atoms. The molecular weight excluding hydrogens is 328 g/mol. The zero-order valence-corrected chi connectivity index (χ0v) is 16.0. The number of aryl methyl sites for hydroxylation is 1. The maximum absolute atomic E-state index is 13.1. The fourth-order valence-electron chi connectivity index (χ4n) is 4.63. The number of hydrogen-bond acceptors (Lipinski definition) is 3. The molecule has 26 heavy (non-hydrogen) atoms. The molecule has 4 rings (SSSR count). The van der Waals surface area contributed by atoms with Gasteiger partial charge in [0.2, 0.25) is 5.91 Å². The molecule has 3 heterocycles. The zero-order chi connectivity index (χ0) is 18.3. The van der Waals surface area contributed by atoms with E-state index in [9.17, 15) is 9.59 Å². The molecule has 3 aliphatic rings. The summed E-state index contributed by atoms with van der Waals surface area (Å²) in [5.41, 5.74) is 1.28. The van der Waals surface area contributed by atoms with Gasteiger partial charge in [0, 0.05) is 38.4 Å². The second-order valence-corrected chi connectivity index (χ2v) is 8.42. The van der Waals surface area contributed by atoms with Gasteiger partial charge in [-0.2, -0.15) is 5.10 Å². The Hall–Kier alpha value is -1.85. The van der Waals surface area contributed by atoms with E-state index in [2.05, 4.69) is 16.9 Å². The minimum atomic E-state index is -0.337. The summed E-state index contributed by atoms with van der Waals surface area (Å²) in [6, 6.07) is 0. The Balaban J connectivity index is 1.47. The van der Waals surface area contributed by atoms with Gasteiger partial charge < -0.3 is 9.80 Å². The summed E-state index contributed by atoms with van der Waals surface area (Å²) in [7, 11) is 0. The lowest BCUT2D eigenvalue weighted by molar-refractivity contribution is -0.145. The molecule has 1 atom stereocenters. The highest BCUT2D eigenvalue weighted by molar-refractivity contribution is 5.96. The van der Waals surface area contributed by atoms with Crippen molar-refractivity contribution >= 4 is 11.8 Å². The summed E-state index contributed by atoms with van der Waals surface area (Å²) in [5.74, 6) is 1.05. The van der Waals surface area contributed by atoms with Crippen LogP contribution in [0.15, 0.2) is 6.20 Å². The van der Waals surface area contributed by atoms with Crippen LogP contribution in [0.5, 0.6) is 0 Å². The maximum Gasteiger partial charge on any atom is 0.257 e. The Morgan fingerprint density at radius 2 is 2.12 bits per heavy atom. The van der Waals surface area contributed by atoms with Gasteiger partial charge in [-0.05, 0) is 51.4 Å². The molecular formula is C20H30N4O2. The van der Waals surface area contributed by atoms with Crippen molar-refractivity contribution < 1.29 is 9.59 Å². The molecule has 0 unspecified atom stereocenters. The molecule has 142 valence electrons. The molecule has 1 aromatic heterocycles. The van der Waals surface area contributed by atoms with Gasteiger partial charge in [-0.15, -0.1) is 0 Å². The van der Waals surface area contributed by atoms with E-state index >= 15 is 0 Å². The van der Waals surface area contributed by atoms with E-state index < -0.39 is 0 Å². The van der Waals surface area contributed by atoms with Gasteiger partial charge in [0.25, 0.3) is 5.91 Å². The molecule has 6 heteroatoms. The van der Waals surface area contributed by atoms with Crippen molar-refractivity contribution in [2.45, 2.75) is 58.9 Å². The number of nitrogens with zero attached hydrogens (tertiary/aromatic N) is 4. The molecule has 3 fully saturated rings. The Labute approximate surface area is 155 Å². The Morgan fingerprint density at radius 3 is 2.85 bits per heavy atom. The molecule has 2 saturated heterocycles. The van der Waals surface area contributed by atoms with Crippen molar-refractivity contribution in [3.63, 3.8) is 0 Å². The first-order valence-corrected chi connectivity index (χ1v) is 10.1. The Bertz CT molecular complexity index is 709. The molecule has 1 aromatic rings. The van der Waals surface area contributed by atoms with Crippen LogP contribution >= 0.6 is 0 Å². The summed E-state index contributed by atoms with van der Waals surface area (Å²) in [6.07, 6.45) is 8.01. The molecule has 1 aliphatic carbocycles. The highest BCUT2D eigenvalue weighted by Gasteiger charge is 2.50. The van der Waals surface area contributed by atoms with Gasteiger partial charge in [0.1, 0.15) is 0 Å². The number of likely N-dealkylation sites (tertiary alicyclic amines) is 2. The first kappa shape index (κ1) is 17.6. The number of piperidine rings is 1. The summed E-state index contributed by atoms with van der Waals surface area (Å²) >= 11 is 0. The fraction of sp³-hybridized carbons (Fsp3) is 0.750. The predicted molar refractivity (Wildman–Crippen MR) is 98.7 cm³/mol. The van der Waals surface area contributed by atoms with Crippen LogP contribution in [-0.4, -0.2) is 57.6 Å². The van der Waals surface area contributed by atoms with Crippen molar-refractivity contribution in [2.75, 3.05) is 26.2 Å². The molecule has 1 saturated carbocycles. The zero-order valence-electron chi connectivity index (χ0n) is 16.0. The van der Waals surface area contributed by atoms with Crippen LogP contribution in [0.1, 0.15) is 61.5 Å². The maximum atomic E-state index is 13.1. The summed E-state index contributed by atoms with van der Waals surface area (Å²) < 4.78 is 1.90. The number of carbonyl (C=O) groups excluding carboxylic acids is 2. The van der Waals surface area contributed by atoms with Crippen LogP contribution in [0, 0.1) is 18.3 Å². The van der Waals surface area contributed by atoms with E-state index in [0.717, 1.165) is 56.9 Å². The minimum absolute atomic E-state index is 0.0360. The molecule has 0 aromatic carbocycles. The first-order valence-electron chi connectivity index (χ1n) is 10.1. The second-order valence-electron chi connectivity index (χ2n) is 8.42. The smallest absolute Gasteiger partial charge is 0.257 e. The lowest BCUT2D eigenvalue weighted by Crippen LogP contribution is -2.51. The average molecular weight is 358 g/mol. The van der Waals surface area contributed by atoms with Crippen LogP contribution in [-0.2, 0) is 11.3 Å². The predicted octanol–water partition coefficient (Wildman–Crippen LogP) is 2.47. The normalized spacial score (nSPS) is 26.2. The molecule has 2 aliphatic heterocycles. The van der Waals surface area contributed by atoms with Crippen molar-refractivity contribution in [1.29, 1.82) is 0 Å². The number of amides is 2. The van der Waals surface area contributed by atoms with E-state index in [4.69, 9.17) is 0 Å². The van der Waals surface area contributed by atoms with E-state index in [-0.39, 0.29) is 11.3 Å². The van der Waals surface area contributed by atoms with Crippen LogP contribution in [0.4, 0.5) is 0 Å². The van der Waals surface area contributed by atoms with Crippen LogP contribution in [0.25, 0.3) is 0 Å². The number of hydrogen-bond donors (Lipinski definition) is 0. The van der Waals surface area contributed by atoms with Gasteiger partial charge in [0.15, 0.2) is 0 Å². The Morgan fingerprint density at radius 1 is 1.31 bits per heavy atom. The highest BCUT2D eigenvalue weighted by Crippen LogP contribution is 2.42. The summed E-state index contributed by atoms with van der Waals surface area (Å²) in [6.45, 7) is 7.98. The third kappa shape index (κ3) is 3.03. The topological polar surface area (TPSA) is 58.4 Å². The third-order valence-electron chi connectivity index (χ3n) is 6.41. The fourth-order valence-corrected chi connectivity index (χ4v) is 4.63. The van der Waals surface area contributed by atoms with Crippen molar-refractivity contribution in [1.82, 2.24) is 19.6 Å². The van der Waals surface area contributed by atoms with Gasteiger partial charge in [-0.3, -0.25) is 14.3 Å². The number of carbonyl (C=O) groups is 2. The quantitative estimate of drug-likeness (QED) is 0.812. The summed E-state index contributed by atoms with van der Waals surface area (Å²) in [4.78, 5) is 30.2. The summed E-state index contributed by atoms with van der Waals surface area (Å²) in [5, 5.41) is 4.36. The lowest BCUT2D eigenvalue weighted by atomic mass is 9.78. The standard InChI is InChI=1S/C20H30N4O2/c1-3-9-24-15(2)17(12-21-24)18(25)23-11-8-20(14-23)7-4-10-22(19(20)26)13-16-5-6-16/h12,16H,3-11,13-14H2,1-2H3/t20-/m1/s1. The third-order valence-corrected chi connectivity index (χ3v) is 6.41. The van der Waals surface area contributed by atoms with E-state index in [0.29, 0.717) is 24.6 Å². The lowest BCUT2D eigenvalue weighted by Gasteiger charge is -2.39. The van der Waals surface area contributed by atoms with Crippen LogP contribution in [0.3, 0.4) is 0 Å². The highest BCUT2D eigenvalue weighted by atomic mass is 16.2. The van der Waals surface area contributed by atoms with Crippen LogP contribution in [0.2, 0.25) is 0 Å². The molecule has 2 amide bonds. The Kier molecular flexibility index (Phi) is 4.53. The SMILES string of the molecule is CCCn1ncc(C(=O)N2CC[C@]3(CCCN(CC4CC4)C3=O)C2)c1C. The molecule has 1 spiro atoms. The van der Waals surface area contributed by atoms with Crippen molar-refractivity contribution in [3.8, 4) is 0 Å². The molecule has 6 nitrogen and oxygen atoms in total. The second kappa shape index (κ2) is 6.71. The number of rotatable bonds is 5. The molecule has 0 radical (unpaired) electrons. The number of aromatic nitrogens is 2. The van der Waals surface area contributed by atoms with Crippen molar-refractivity contribution in [3.05, 3.63) is 17.5 Å². The monoisotopic (exact) mass is 358 g/mol. The van der Waals surface area contributed by atoms with Gasteiger partial charge in [0.05, 0.1) is 17.2 Å². The van der Waals surface area contributed by atoms with Gasteiger partial charge >= 0.3 is 0 Å². The van der Waals surface area contributed by atoms with Crippen LogP contribution < -0.4 is 0 Å². The van der Waals surface area contributed by atoms with Gasteiger partial charge in [-0.1, -0.05) is 6.92 Å². The minimum Gasteiger partial charge on any atom is -0.342 e. The van der Waals surface area contributed by atoms with Crippen molar-refractivity contribution in [2.24, 2.45) is 11.3 Å². The van der Waals surface area contributed by atoms with E-state index in [1.165, 1.54) is 12.8 Å². The first-order chi connectivity index (χ1) is 12.5. The molecule has 0 N–H and O–H groups in total. The van der Waals surface area contributed by atoms with E-state index in [1.54, 1.807) is 6.20 Å². The largest absolute Gasteiger partial charge is 0.342 e. The average Bonchev–Trinajstić information content (AvgIpc) is 3.23. The van der Waals surface area contributed by atoms with E-state index in [1.807, 2.05) is 16.5 Å². The van der Waals surface area contributed by atoms with Gasteiger partial charge in [-0.25, -0.2) is 0 Å².